The van der Waals surface area contributed by atoms with E-state index in [0.717, 1.165) is 14.3 Å². The smallest absolute Gasteiger partial charge is 0.146 e. The maximum absolute atomic E-state index is 5.55. The summed E-state index contributed by atoms with van der Waals surface area (Å²) in [5.41, 5.74) is 0. The van der Waals surface area contributed by atoms with Crippen molar-refractivity contribution in [2.24, 2.45) is 21.1 Å². The summed E-state index contributed by atoms with van der Waals surface area (Å²) in [6.45, 7) is 0. The molecule has 22 heavy (non-hydrogen) atoms. The largest absolute Gasteiger partial charge is 0.446 e. The number of rotatable bonds is 3. The molecule has 0 aliphatic rings. The summed E-state index contributed by atoms with van der Waals surface area (Å²) in [6.07, 6.45) is 11.8. The second-order valence-electron chi connectivity index (χ2n) is 4.98. The summed E-state index contributed by atoms with van der Waals surface area (Å²) >= 11 is 16.6. The molecule has 0 saturated carbocycles. The van der Waals surface area contributed by atoms with Gasteiger partial charge in [0.05, 0.1) is 0 Å². The van der Waals surface area contributed by atoms with Crippen molar-refractivity contribution in [1.29, 1.82) is 0 Å². The maximum atomic E-state index is 5.55. The molecule has 0 fully saturated rings. The molecular formula is C12H15N6S3Si-. The minimum atomic E-state index is -1.53. The van der Waals surface area contributed by atoms with E-state index in [1.807, 2.05) is 72.0 Å². The Balaban J connectivity index is 2.33. The Kier molecular flexibility index (Phi) is 3.93. The Morgan fingerprint density at radius 3 is 1.05 bits per heavy atom. The van der Waals surface area contributed by atoms with E-state index < -0.39 is 9.28 Å². The molecule has 0 spiro atoms. The summed E-state index contributed by atoms with van der Waals surface area (Å²) in [5, 5.41) is 0. The van der Waals surface area contributed by atoms with Crippen LogP contribution in [0.4, 0.5) is 0 Å². The van der Waals surface area contributed by atoms with E-state index in [4.69, 9.17) is 36.7 Å². The van der Waals surface area contributed by atoms with Crippen molar-refractivity contribution in [1.82, 2.24) is 26.4 Å². The molecule has 10 heteroatoms. The quantitative estimate of drug-likeness (QED) is 0.525. The third kappa shape index (κ3) is 2.31. The number of aryl methyl sites for hydroxylation is 3. The van der Waals surface area contributed by atoms with Crippen molar-refractivity contribution in [2.75, 3.05) is 0 Å². The highest BCUT2D eigenvalue weighted by molar-refractivity contribution is 7.71. The lowest BCUT2D eigenvalue weighted by atomic mass is 10.9. The molecule has 3 aromatic heterocycles. The van der Waals surface area contributed by atoms with Gasteiger partial charge in [0.1, 0.15) is 14.3 Å². The highest BCUT2D eigenvalue weighted by atomic mass is 32.1. The molecule has 0 atom stereocenters. The van der Waals surface area contributed by atoms with E-state index in [0.29, 0.717) is 0 Å². The molecule has 3 heterocycles. The zero-order valence-electron chi connectivity index (χ0n) is 12.4. The summed E-state index contributed by atoms with van der Waals surface area (Å²) in [6, 6.07) is 0. The van der Waals surface area contributed by atoms with Crippen LogP contribution in [0.3, 0.4) is 0 Å². The van der Waals surface area contributed by atoms with Gasteiger partial charge in [-0.25, -0.2) is 0 Å². The normalized spacial score (nSPS) is 11.0. The monoisotopic (exact) mass is 367 g/mol. The van der Waals surface area contributed by atoms with E-state index in [1.54, 1.807) is 0 Å². The molecule has 0 N–H and O–H groups in total. The lowest BCUT2D eigenvalue weighted by molar-refractivity contribution is 0.819. The third-order valence-electron chi connectivity index (χ3n) is 3.49. The van der Waals surface area contributed by atoms with Crippen molar-refractivity contribution in [3.63, 3.8) is 0 Å². The fourth-order valence-corrected chi connectivity index (χ4v) is 5.58. The Labute approximate surface area is 144 Å². The second kappa shape index (κ2) is 5.61. The van der Waals surface area contributed by atoms with Crippen LogP contribution in [-0.2, 0) is 21.1 Å². The number of hydrogen-bond donors (Lipinski definition) is 0. The minimum absolute atomic E-state index is 0.741. The van der Waals surface area contributed by atoms with Gasteiger partial charge in [0.15, 0.2) is 0 Å². The molecule has 6 nitrogen and oxygen atoms in total. The Morgan fingerprint density at radius 1 is 0.591 bits per heavy atom. The molecule has 0 aromatic carbocycles. The first-order chi connectivity index (χ1) is 10.4. The maximum Gasteiger partial charge on any atom is 0.146 e. The van der Waals surface area contributed by atoms with E-state index in [2.05, 4.69) is 12.7 Å². The van der Waals surface area contributed by atoms with Crippen molar-refractivity contribution >= 4 is 45.9 Å². The summed E-state index contributed by atoms with van der Waals surface area (Å²) in [4.78, 5) is 0. The first-order valence-electron chi connectivity index (χ1n) is 6.52. The van der Waals surface area contributed by atoms with E-state index in [1.165, 1.54) is 0 Å². The molecule has 3 rings (SSSR count). The zero-order valence-corrected chi connectivity index (χ0v) is 15.8. The number of aromatic nitrogens is 6. The van der Waals surface area contributed by atoms with E-state index in [-0.39, 0.29) is 0 Å². The summed E-state index contributed by atoms with van der Waals surface area (Å²) in [5.74, 6) is 0. The lowest BCUT2D eigenvalue weighted by Crippen LogP contribution is -2.41. The molecular weight excluding hydrogens is 352 g/mol. The van der Waals surface area contributed by atoms with Gasteiger partial charge in [-0.2, -0.15) is 0 Å². The van der Waals surface area contributed by atoms with Gasteiger partial charge in [-0.05, 0) is 55.2 Å². The zero-order chi connectivity index (χ0) is 16.0. The molecule has 0 radical (unpaired) electrons. The van der Waals surface area contributed by atoms with Crippen LogP contribution in [-0.4, -0.2) is 35.7 Å². The number of nitrogens with zero attached hydrogens (tertiary/aromatic N) is 6. The molecule has 0 unspecified atom stereocenters. The van der Waals surface area contributed by atoms with Crippen LogP contribution in [0, 0.1) is 14.3 Å². The van der Waals surface area contributed by atoms with Crippen molar-refractivity contribution in [2.45, 2.75) is 0 Å². The van der Waals surface area contributed by atoms with Crippen LogP contribution in [0.15, 0.2) is 37.2 Å². The highest BCUT2D eigenvalue weighted by Gasteiger charge is 2.08. The molecule has 0 aliphatic carbocycles. The average Bonchev–Trinajstić information content (AvgIpc) is 3.10. The molecule has 3 aromatic rings. The van der Waals surface area contributed by atoms with E-state index in [9.17, 15) is 0 Å². The molecule has 0 saturated heterocycles. The first kappa shape index (κ1) is 15.4. The Morgan fingerprint density at radius 2 is 0.864 bits per heavy atom. The third-order valence-corrected chi connectivity index (χ3v) is 7.80. The van der Waals surface area contributed by atoms with Gasteiger partial charge in [-0.3, -0.25) is 0 Å². The van der Waals surface area contributed by atoms with Gasteiger partial charge in [0, 0.05) is 49.0 Å². The highest BCUT2D eigenvalue weighted by Crippen LogP contribution is 2.08. The molecule has 0 amide bonds. The Hall–Kier alpha value is -1.49. The Bertz CT molecular complexity index is 868. The van der Waals surface area contributed by atoms with Crippen LogP contribution < -0.4 is 0 Å². The van der Waals surface area contributed by atoms with Gasteiger partial charge in [-0.15, -0.1) is 0 Å². The van der Waals surface area contributed by atoms with Gasteiger partial charge < -0.3 is 26.4 Å². The second-order valence-corrected chi connectivity index (χ2v) is 8.13. The van der Waals surface area contributed by atoms with Crippen LogP contribution in [0.25, 0.3) is 0 Å². The van der Waals surface area contributed by atoms with Crippen LogP contribution in [0.2, 0.25) is 0 Å². The number of imidazole rings is 3. The fourth-order valence-electron chi connectivity index (χ4n) is 2.20. The van der Waals surface area contributed by atoms with Gasteiger partial charge >= 0.3 is 0 Å². The van der Waals surface area contributed by atoms with Gasteiger partial charge in [0.2, 0.25) is 0 Å². The van der Waals surface area contributed by atoms with Crippen molar-refractivity contribution < 1.29 is 0 Å². The van der Waals surface area contributed by atoms with Crippen molar-refractivity contribution in [3.8, 4) is 0 Å². The van der Waals surface area contributed by atoms with Gasteiger partial charge in [-0.1, -0.05) is 0 Å². The standard InChI is InChI=1S/C12H15N6S3Si/c1-13-4-7-16(10(13)19)22(17-8-5-14(2)11(17)20)18-9-6-15(3)12(18)21/h4-9H,1-3H3/q-1. The summed E-state index contributed by atoms with van der Waals surface area (Å²) in [7, 11) is 4.28. The van der Waals surface area contributed by atoms with E-state index >= 15 is 0 Å². The predicted molar refractivity (Wildman–Crippen MR) is 94.7 cm³/mol. The van der Waals surface area contributed by atoms with Crippen molar-refractivity contribution in [3.05, 3.63) is 51.5 Å². The lowest BCUT2D eigenvalue weighted by Gasteiger charge is -2.35. The molecule has 0 bridgehead atoms. The topological polar surface area (TPSA) is 29.6 Å². The molecule has 0 aliphatic heterocycles. The first-order valence-corrected chi connectivity index (χ1v) is 9.08. The number of hydrogen-bond acceptors (Lipinski definition) is 3. The summed E-state index contributed by atoms with van der Waals surface area (Å²) < 4.78 is 14.2. The fraction of sp³-hybridized carbons (Fsp3) is 0.250. The van der Waals surface area contributed by atoms with Crippen LogP contribution in [0.5, 0.6) is 0 Å². The van der Waals surface area contributed by atoms with Gasteiger partial charge in [0.25, 0.3) is 0 Å². The molecule has 116 valence electrons. The van der Waals surface area contributed by atoms with Crippen LogP contribution in [0.1, 0.15) is 0 Å². The SMILES string of the molecule is Cn1ccn([Si-](n2ccn(C)c2=S)n2ccn(C)c2=S)c1=S. The predicted octanol–water partition coefficient (Wildman–Crippen LogP) is 2.22. The average molecular weight is 368 g/mol. The minimum Gasteiger partial charge on any atom is -0.446 e. The van der Waals surface area contributed by atoms with Crippen LogP contribution >= 0.6 is 36.7 Å².